The topological polar surface area (TPSA) is 130 Å². The zero-order chi connectivity index (χ0) is 15.8. The van der Waals surface area contributed by atoms with Gasteiger partial charge in [0.05, 0.1) is 4.92 Å². The predicted octanol–water partition coefficient (Wildman–Crippen LogP) is -0.332. The van der Waals surface area contributed by atoms with Crippen LogP contribution in [0.25, 0.3) is 0 Å². The molecule has 10 heteroatoms. The summed E-state index contributed by atoms with van der Waals surface area (Å²) in [6, 6.07) is 0. The Balaban J connectivity index is 2.62. The van der Waals surface area contributed by atoms with Crippen LogP contribution in [0.1, 0.15) is 13.8 Å². The largest absolute Gasteiger partial charge is 0.367 e. The monoisotopic (exact) mass is 294 g/mol. The lowest BCUT2D eigenvalue weighted by atomic mass is 9.98. The van der Waals surface area contributed by atoms with Gasteiger partial charge in [-0.1, -0.05) is 0 Å². The first-order valence-electron chi connectivity index (χ1n) is 6.08. The summed E-state index contributed by atoms with van der Waals surface area (Å²) in [5.41, 5.74) is -1.53. The highest BCUT2D eigenvalue weighted by Crippen LogP contribution is 2.35. The zero-order valence-electron chi connectivity index (χ0n) is 11.7. The Kier molecular flexibility index (Phi) is 3.45. The van der Waals surface area contributed by atoms with Crippen LogP contribution < -0.4 is 15.5 Å². The SMILES string of the molecule is CNc1ncnc(N2CC(=O)NC(=O)C2(C)C)c1[N+](=O)[O-]. The van der Waals surface area contributed by atoms with E-state index in [1.807, 2.05) is 0 Å². The first-order chi connectivity index (χ1) is 9.78. The Labute approximate surface area is 119 Å². The molecule has 112 valence electrons. The molecular weight excluding hydrogens is 280 g/mol. The normalized spacial score (nSPS) is 17.4. The summed E-state index contributed by atoms with van der Waals surface area (Å²) in [4.78, 5) is 43.2. The maximum absolute atomic E-state index is 11.9. The molecule has 0 unspecified atom stereocenters. The molecule has 10 nitrogen and oxygen atoms in total. The van der Waals surface area contributed by atoms with E-state index in [4.69, 9.17) is 0 Å². The van der Waals surface area contributed by atoms with Crippen LogP contribution in [0.4, 0.5) is 17.3 Å². The van der Waals surface area contributed by atoms with Gasteiger partial charge >= 0.3 is 5.69 Å². The molecule has 1 aromatic heterocycles. The van der Waals surface area contributed by atoms with Crippen LogP contribution in [0, 0.1) is 10.1 Å². The van der Waals surface area contributed by atoms with Crippen molar-refractivity contribution < 1.29 is 14.5 Å². The number of hydrogen-bond donors (Lipinski definition) is 2. The van der Waals surface area contributed by atoms with Gasteiger partial charge in [0.25, 0.3) is 5.91 Å². The third kappa shape index (κ3) is 2.35. The maximum Gasteiger partial charge on any atom is 0.353 e. The number of imide groups is 1. The van der Waals surface area contributed by atoms with Crippen molar-refractivity contribution in [3.63, 3.8) is 0 Å². The first kappa shape index (κ1) is 14.6. The summed E-state index contributed by atoms with van der Waals surface area (Å²) in [7, 11) is 1.48. The van der Waals surface area contributed by atoms with E-state index in [1.165, 1.54) is 11.9 Å². The fourth-order valence-electron chi connectivity index (χ4n) is 2.04. The van der Waals surface area contributed by atoms with Crippen LogP contribution in [0.2, 0.25) is 0 Å². The Bertz CT molecular complexity index is 629. The Morgan fingerprint density at radius 1 is 1.43 bits per heavy atom. The molecule has 1 aliphatic heterocycles. The van der Waals surface area contributed by atoms with Crippen molar-refractivity contribution >= 4 is 29.1 Å². The van der Waals surface area contributed by atoms with Crippen LogP contribution in [-0.4, -0.2) is 45.8 Å². The number of nitrogens with zero attached hydrogens (tertiary/aromatic N) is 4. The van der Waals surface area contributed by atoms with Gasteiger partial charge in [0.2, 0.25) is 17.5 Å². The lowest BCUT2D eigenvalue weighted by molar-refractivity contribution is -0.383. The number of nitrogens with one attached hydrogen (secondary N) is 2. The summed E-state index contributed by atoms with van der Waals surface area (Å²) >= 11 is 0. The molecule has 0 atom stereocenters. The van der Waals surface area contributed by atoms with Gasteiger partial charge in [-0.05, 0) is 13.8 Å². The van der Waals surface area contributed by atoms with Crippen LogP contribution in [0.15, 0.2) is 6.33 Å². The van der Waals surface area contributed by atoms with E-state index in [0.29, 0.717) is 0 Å². The Morgan fingerprint density at radius 3 is 2.67 bits per heavy atom. The van der Waals surface area contributed by atoms with E-state index < -0.39 is 22.3 Å². The molecule has 0 aliphatic carbocycles. The van der Waals surface area contributed by atoms with Gasteiger partial charge in [-0.2, -0.15) is 0 Å². The lowest BCUT2D eigenvalue weighted by Crippen LogP contribution is -2.64. The molecule has 2 amide bonds. The predicted molar refractivity (Wildman–Crippen MR) is 72.8 cm³/mol. The zero-order valence-corrected chi connectivity index (χ0v) is 11.7. The van der Waals surface area contributed by atoms with E-state index in [0.717, 1.165) is 6.33 Å². The Morgan fingerprint density at radius 2 is 2.10 bits per heavy atom. The van der Waals surface area contributed by atoms with Crippen molar-refractivity contribution in [2.75, 3.05) is 23.8 Å². The second-order valence-electron chi connectivity index (χ2n) is 4.92. The first-order valence-corrected chi connectivity index (χ1v) is 6.08. The highest BCUT2D eigenvalue weighted by molar-refractivity contribution is 6.07. The number of hydrogen-bond acceptors (Lipinski definition) is 8. The van der Waals surface area contributed by atoms with Crippen LogP contribution >= 0.6 is 0 Å². The van der Waals surface area contributed by atoms with E-state index in [2.05, 4.69) is 20.6 Å². The summed E-state index contributed by atoms with van der Waals surface area (Å²) < 4.78 is 0. The number of aromatic nitrogens is 2. The number of nitro groups is 1. The summed E-state index contributed by atoms with van der Waals surface area (Å²) in [5.74, 6) is -1.15. The second kappa shape index (κ2) is 4.96. The molecule has 0 spiro atoms. The van der Waals surface area contributed by atoms with Gasteiger partial charge in [-0.15, -0.1) is 0 Å². The van der Waals surface area contributed by atoms with Crippen LogP contribution in [0.5, 0.6) is 0 Å². The number of rotatable bonds is 3. The van der Waals surface area contributed by atoms with Gasteiger partial charge in [-0.25, -0.2) is 9.97 Å². The number of anilines is 2. The summed E-state index contributed by atoms with van der Waals surface area (Å²) in [6.07, 6.45) is 1.14. The lowest BCUT2D eigenvalue weighted by Gasteiger charge is -2.40. The van der Waals surface area contributed by atoms with E-state index in [-0.39, 0.29) is 23.9 Å². The number of carbonyl (C=O) groups is 2. The van der Waals surface area contributed by atoms with Crippen molar-refractivity contribution in [3.05, 3.63) is 16.4 Å². The maximum atomic E-state index is 11.9. The molecule has 2 heterocycles. The Hall–Kier alpha value is -2.78. The molecule has 0 saturated carbocycles. The quantitative estimate of drug-likeness (QED) is 0.440. The smallest absolute Gasteiger partial charge is 0.353 e. The standard InChI is InChI=1S/C11H14N6O4/c1-11(2)10(19)15-6(18)4-16(11)9-7(17(20)21)8(12-3)13-5-14-9/h5H,4H2,1-3H3,(H,12,13,14)(H,15,18,19). The fourth-order valence-corrected chi connectivity index (χ4v) is 2.04. The highest BCUT2D eigenvalue weighted by Gasteiger charge is 2.44. The summed E-state index contributed by atoms with van der Waals surface area (Å²) in [6.45, 7) is 2.90. The third-order valence-corrected chi connectivity index (χ3v) is 3.26. The minimum Gasteiger partial charge on any atom is -0.367 e. The van der Waals surface area contributed by atoms with Crippen molar-refractivity contribution in [2.24, 2.45) is 0 Å². The van der Waals surface area contributed by atoms with Gasteiger partial charge in [0.1, 0.15) is 18.4 Å². The van der Waals surface area contributed by atoms with Crippen LogP contribution in [0.3, 0.4) is 0 Å². The van der Waals surface area contributed by atoms with Gasteiger partial charge < -0.3 is 10.2 Å². The van der Waals surface area contributed by atoms with Crippen LogP contribution in [-0.2, 0) is 9.59 Å². The molecule has 1 aromatic rings. The molecule has 0 aromatic carbocycles. The third-order valence-electron chi connectivity index (χ3n) is 3.26. The number of amides is 2. The van der Waals surface area contributed by atoms with Gasteiger partial charge in [0.15, 0.2) is 0 Å². The number of carbonyl (C=O) groups excluding carboxylic acids is 2. The van der Waals surface area contributed by atoms with Crippen molar-refractivity contribution in [1.29, 1.82) is 0 Å². The minimum atomic E-state index is -1.15. The van der Waals surface area contributed by atoms with Crippen molar-refractivity contribution in [2.45, 2.75) is 19.4 Å². The van der Waals surface area contributed by atoms with E-state index >= 15 is 0 Å². The van der Waals surface area contributed by atoms with Crippen molar-refractivity contribution in [1.82, 2.24) is 15.3 Å². The number of piperazine rings is 1. The highest BCUT2D eigenvalue weighted by atomic mass is 16.6. The minimum absolute atomic E-state index is 0.0132. The second-order valence-corrected chi connectivity index (χ2v) is 4.92. The molecule has 2 N–H and O–H groups in total. The molecule has 1 aliphatic rings. The molecule has 1 saturated heterocycles. The van der Waals surface area contributed by atoms with Gasteiger partial charge in [-0.3, -0.25) is 25.0 Å². The average Bonchev–Trinajstić information content (AvgIpc) is 2.42. The molecule has 2 rings (SSSR count). The van der Waals surface area contributed by atoms with E-state index in [1.54, 1.807) is 13.8 Å². The molecule has 0 radical (unpaired) electrons. The molecule has 1 fully saturated rings. The van der Waals surface area contributed by atoms with Crippen molar-refractivity contribution in [3.8, 4) is 0 Å². The molecular formula is C11H14N6O4. The summed E-state index contributed by atoms with van der Waals surface area (Å²) in [5, 5.41) is 16.1. The molecule has 21 heavy (non-hydrogen) atoms. The van der Waals surface area contributed by atoms with E-state index in [9.17, 15) is 19.7 Å². The van der Waals surface area contributed by atoms with Gasteiger partial charge in [0, 0.05) is 7.05 Å². The molecule has 0 bridgehead atoms. The fraction of sp³-hybridized carbons (Fsp3) is 0.455. The average molecular weight is 294 g/mol.